The molecule has 2 heterocycles. The maximum atomic E-state index is 12.4. The minimum Gasteiger partial charge on any atom is -0.506 e. The minimum atomic E-state index is -0.0876. The molecule has 8 aliphatic rings. The Kier molecular flexibility index (Phi) is 7.20. The van der Waals surface area contributed by atoms with Gasteiger partial charge in [0, 0.05) is 23.5 Å². The van der Waals surface area contributed by atoms with Crippen LogP contribution in [0.4, 0.5) is 0 Å². The van der Waals surface area contributed by atoms with Crippen molar-refractivity contribution in [3.05, 3.63) is 48.0 Å². The molecule has 0 unspecified atom stereocenters. The number of rotatable bonds is 4. The van der Waals surface area contributed by atoms with E-state index in [0.29, 0.717) is 11.1 Å². The highest BCUT2D eigenvalue weighted by atomic mass is 16.3. The van der Waals surface area contributed by atoms with E-state index >= 15 is 0 Å². The van der Waals surface area contributed by atoms with E-state index in [1.165, 1.54) is 75.4 Å². The molecule has 10 rings (SSSR count). The van der Waals surface area contributed by atoms with E-state index in [4.69, 9.17) is 0 Å². The lowest BCUT2D eigenvalue weighted by Gasteiger charge is -2.56. The topological polar surface area (TPSA) is 156 Å². The molecule has 41 heavy (non-hydrogen) atoms. The smallest absolute Gasteiger partial charge is 0.253 e. The van der Waals surface area contributed by atoms with Gasteiger partial charge in [0.05, 0.1) is 23.5 Å². The van der Waals surface area contributed by atoms with Crippen LogP contribution in [0.15, 0.2) is 36.9 Å². The number of hydrogen-bond acceptors (Lipinski definition) is 6. The fraction of sp³-hybridized carbons (Fsp3) is 0.625. The number of hydrogen-bond donors (Lipinski definition) is 4. The number of nitrogens with zero attached hydrogens (tertiary/aromatic N) is 2. The van der Waals surface area contributed by atoms with Gasteiger partial charge in [-0.25, -0.2) is 0 Å². The monoisotopic (exact) mass is 562 g/mol. The summed E-state index contributed by atoms with van der Waals surface area (Å²) in [5.74, 6) is 4.77. The lowest BCUT2D eigenvalue weighted by molar-refractivity contribution is -0.0171. The van der Waals surface area contributed by atoms with Crippen molar-refractivity contribution in [3.8, 4) is 11.5 Å². The molecular weight excluding hydrogens is 520 g/mol. The summed E-state index contributed by atoms with van der Waals surface area (Å²) in [7, 11) is 0. The molecule has 0 saturated heterocycles. The van der Waals surface area contributed by atoms with E-state index in [0.717, 1.165) is 74.0 Å². The average Bonchev–Trinajstić information content (AvgIpc) is 2.87. The summed E-state index contributed by atoms with van der Waals surface area (Å²) in [6, 6.07) is 2.98. The number of nitrogens with one attached hydrogen (secondary N) is 2. The largest absolute Gasteiger partial charge is 0.506 e. The third kappa shape index (κ3) is 5.65. The molecule has 220 valence electrons. The molecule has 2 aromatic rings. The van der Waals surface area contributed by atoms with Gasteiger partial charge >= 0.3 is 0 Å². The number of carbonyl (C=O) groups is 2. The first-order chi connectivity index (χ1) is 19.2. The number of carbonyl (C=O) groups excluding carboxylic acids is 2. The van der Waals surface area contributed by atoms with Crippen molar-refractivity contribution in [1.82, 2.24) is 20.6 Å². The molecule has 0 atom stereocenters. The Labute approximate surface area is 240 Å². The molecule has 8 bridgehead atoms. The quantitative estimate of drug-likeness (QED) is 0.439. The number of aromatic hydroxyl groups is 2. The van der Waals surface area contributed by atoms with Crippen molar-refractivity contribution >= 4 is 11.8 Å². The third-order valence-corrected chi connectivity index (χ3v) is 10.8. The number of aromatic nitrogens is 2. The number of amides is 2. The molecule has 8 aliphatic carbocycles. The van der Waals surface area contributed by atoms with Gasteiger partial charge in [0.25, 0.3) is 11.8 Å². The summed E-state index contributed by atoms with van der Waals surface area (Å²) in [6.45, 7) is 0. The summed E-state index contributed by atoms with van der Waals surface area (Å²) in [6.07, 6.45) is 20.7. The Morgan fingerprint density at radius 2 is 0.878 bits per heavy atom. The van der Waals surface area contributed by atoms with Crippen LogP contribution in [0.5, 0.6) is 11.5 Å². The second-order valence-corrected chi connectivity index (χ2v) is 14.2. The molecule has 2 amide bonds. The zero-order valence-corrected chi connectivity index (χ0v) is 23.5. The van der Waals surface area contributed by atoms with Crippen LogP contribution < -0.4 is 10.6 Å². The molecule has 8 fully saturated rings. The Morgan fingerprint density at radius 1 is 0.585 bits per heavy atom. The summed E-state index contributed by atoms with van der Waals surface area (Å²) in [5.41, 5.74) is 0.940. The normalized spacial score (nSPS) is 37.0. The van der Waals surface area contributed by atoms with Gasteiger partial charge in [-0.2, -0.15) is 0 Å². The fourth-order valence-electron chi connectivity index (χ4n) is 10.3. The van der Waals surface area contributed by atoms with Crippen LogP contribution in [0.2, 0.25) is 0 Å². The van der Waals surface area contributed by atoms with Gasteiger partial charge in [-0.3, -0.25) is 19.6 Å². The predicted octanol–water partition coefficient (Wildman–Crippen LogP) is 4.15. The standard InChI is InChI=1S/2C16H20N2O2.H2O/c2*19-14-4-13(8-17-9-14)15(20)18-16-5-10-1-11(6-16)3-12(2-10)7-16;/h2*4,8-12,19H,1-3,5-7H2,(H,18,20);1H2. The summed E-state index contributed by atoms with van der Waals surface area (Å²) in [5, 5.41) is 25.5. The first-order valence-corrected chi connectivity index (χ1v) is 15.2. The second kappa shape index (κ2) is 10.6. The van der Waals surface area contributed by atoms with E-state index < -0.39 is 0 Å². The maximum absolute atomic E-state index is 12.4. The zero-order chi connectivity index (χ0) is 27.5. The fourth-order valence-corrected chi connectivity index (χ4v) is 10.3. The number of pyridine rings is 2. The van der Waals surface area contributed by atoms with Crippen molar-refractivity contribution in [1.29, 1.82) is 0 Å². The first kappa shape index (κ1) is 27.9. The lowest BCUT2D eigenvalue weighted by atomic mass is 9.53. The molecule has 6 N–H and O–H groups in total. The molecule has 2 aromatic heterocycles. The van der Waals surface area contributed by atoms with Crippen molar-refractivity contribution in [3.63, 3.8) is 0 Å². The zero-order valence-electron chi connectivity index (χ0n) is 23.5. The maximum Gasteiger partial charge on any atom is 0.253 e. The highest BCUT2D eigenvalue weighted by molar-refractivity contribution is 5.95. The lowest BCUT2D eigenvalue weighted by Crippen LogP contribution is -2.59. The van der Waals surface area contributed by atoms with Crippen LogP contribution in [0, 0.1) is 35.5 Å². The molecule has 0 spiro atoms. The van der Waals surface area contributed by atoms with Crippen molar-refractivity contribution < 1.29 is 25.3 Å². The molecule has 9 nitrogen and oxygen atoms in total. The Balaban J connectivity index is 0.000000144. The van der Waals surface area contributed by atoms with E-state index in [1.807, 2.05) is 0 Å². The van der Waals surface area contributed by atoms with Crippen molar-refractivity contribution in [2.75, 3.05) is 0 Å². The van der Waals surface area contributed by atoms with Gasteiger partial charge in [-0.05, 0) is 125 Å². The van der Waals surface area contributed by atoms with Crippen LogP contribution in [-0.2, 0) is 0 Å². The summed E-state index contributed by atoms with van der Waals surface area (Å²) >= 11 is 0. The molecule has 0 radical (unpaired) electrons. The van der Waals surface area contributed by atoms with Gasteiger partial charge in [0.15, 0.2) is 0 Å². The minimum absolute atomic E-state index is 0. The van der Waals surface area contributed by atoms with Gasteiger partial charge in [-0.15, -0.1) is 0 Å². The van der Waals surface area contributed by atoms with Gasteiger partial charge < -0.3 is 26.3 Å². The van der Waals surface area contributed by atoms with E-state index in [1.54, 1.807) is 0 Å². The average molecular weight is 563 g/mol. The molecular formula is C32H42N4O5. The first-order valence-electron chi connectivity index (χ1n) is 15.2. The molecule has 8 saturated carbocycles. The van der Waals surface area contributed by atoms with Crippen molar-refractivity contribution in [2.24, 2.45) is 35.5 Å². The second-order valence-electron chi connectivity index (χ2n) is 14.2. The van der Waals surface area contributed by atoms with Crippen molar-refractivity contribution in [2.45, 2.75) is 88.1 Å². The van der Waals surface area contributed by atoms with Gasteiger partial charge in [0.1, 0.15) is 11.5 Å². The summed E-state index contributed by atoms with van der Waals surface area (Å²) in [4.78, 5) is 32.6. The van der Waals surface area contributed by atoms with Crippen LogP contribution >= 0.6 is 0 Å². The van der Waals surface area contributed by atoms with Gasteiger partial charge in [-0.1, -0.05) is 0 Å². The predicted molar refractivity (Wildman–Crippen MR) is 152 cm³/mol. The van der Waals surface area contributed by atoms with Crippen LogP contribution in [0.1, 0.15) is 97.8 Å². The molecule has 0 aromatic carbocycles. The Morgan fingerprint density at radius 3 is 1.15 bits per heavy atom. The van der Waals surface area contributed by atoms with Gasteiger partial charge in [0.2, 0.25) is 0 Å². The third-order valence-electron chi connectivity index (χ3n) is 10.8. The summed E-state index contributed by atoms with van der Waals surface area (Å²) < 4.78 is 0. The SMILES string of the molecule is O.O=C(NC12CC3CC(CC(C3)C1)C2)c1cncc(O)c1.O=C(NC12CC3CC(CC(C3)C1)C2)c1cncc(O)c1. The highest BCUT2D eigenvalue weighted by Gasteiger charge is 2.52. The van der Waals surface area contributed by atoms with Crippen LogP contribution in [-0.4, -0.2) is 48.5 Å². The van der Waals surface area contributed by atoms with Crippen LogP contribution in [0.3, 0.4) is 0 Å². The molecule has 9 heteroatoms. The molecule has 0 aliphatic heterocycles. The highest BCUT2D eigenvalue weighted by Crippen LogP contribution is 2.56. The van der Waals surface area contributed by atoms with E-state index in [-0.39, 0.29) is 39.9 Å². The van der Waals surface area contributed by atoms with Crippen LogP contribution in [0.25, 0.3) is 0 Å². The Bertz CT molecular complexity index is 1140. The van der Waals surface area contributed by atoms with E-state index in [9.17, 15) is 19.8 Å². The Hall–Kier alpha value is -3.20. The van der Waals surface area contributed by atoms with E-state index in [2.05, 4.69) is 20.6 Å².